The van der Waals surface area contributed by atoms with Crippen molar-refractivity contribution in [1.29, 1.82) is 0 Å². The highest BCUT2D eigenvalue weighted by atomic mass is 19.1. The lowest BCUT2D eigenvalue weighted by Crippen LogP contribution is -2.33. The van der Waals surface area contributed by atoms with E-state index in [1.807, 2.05) is 0 Å². The van der Waals surface area contributed by atoms with Crippen molar-refractivity contribution in [3.05, 3.63) is 35.9 Å². The molecule has 100 valence electrons. The first-order chi connectivity index (χ1) is 9.06. The number of rotatable bonds is 5. The normalized spacial score (nSPS) is 12.3. The number of carboxylic acid groups (broad SMARTS) is 1. The third kappa shape index (κ3) is 3.35. The fourth-order valence-electron chi connectivity index (χ4n) is 1.37. The van der Waals surface area contributed by atoms with Gasteiger partial charge in [0.25, 0.3) is 5.89 Å². The van der Waals surface area contributed by atoms with Crippen molar-refractivity contribution in [3.8, 4) is 11.5 Å². The van der Waals surface area contributed by atoms with Crippen LogP contribution in [-0.2, 0) is 11.3 Å². The minimum atomic E-state index is -0.956. The van der Waals surface area contributed by atoms with Crippen LogP contribution in [0.4, 0.5) is 4.39 Å². The van der Waals surface area contributed by atoms with Gasteiger partial charge in [-0.3, -0.25) is 10.1 Å². The zero-order chi connectivity index (χ0) is 13.8. The summed E-state index contributed by atoms with van der Waals surface area (Å²) in [4.78, 5) is 14.7. The molecule has 0 aliphatic carbocycles. The average Bonchev–Trinajstić information content (AvgIpc) is 2.85. The summed E-state index contributed by atoms with van der Waals surface area (Å²) in [6.45, 7) is 1.70. The Labute approximate surface area is 108 Å². The molecule has 0 spiro atoms. The van der Waals surface area contributed by atoms with Crippen LogP contribution in [0.15, 0.2) is 28.8 Å². The molecule has 0 bridgehead atoms. The predicted octanol–water partition coefficient (Wildman–Crippen LogP) is 1.44. The van der Waals surface area contributed by atoms with Crippen LogP contribution in [0.2, 0.25) is 0 Å². The Morgan fingerprint density at radius 3 is 2.79 bits per heavy atom. The van der Waals surface area contributed by atoms with Crippen molar-refractivity contribution in [2.24, 2.45) is 0 Å². The van der Waals surface area contributed by atoms with E-state index in [0.29, 0.717) is 11.4 Å². The van der Waals surface area contributed by atoms with Gasteiger partial charge in [0.15, 0.2) is 5.82 Å². The van der Waals surface area contributed by atoms with Gasteiger partial charge in [0.1, 0.15) is 11.9 Å². The summed E-state index contributed by atoms with van der Waals surface area (Å²) in [5, 5.41) is 15.1. The Bertz CT molecular complexity index is 568. The van der Waals surface area contributed by atoms with Gasteiger partial charge >= 0.3 is 5.97 Å². The van der Waals surface area contributed by atoms with Crippen molar-refractivity contribution < 1.29 is 18.8 Å². The third-order valence-electron chi connectivity index (χ3n) is 2.50. The first-order valence-electron chi connectivity index (χ1n) is 5.61. The van der Waals surface area contributed by atoms with Crippen LogP contribution in [0, 0.1) is 5.82 Å². The summed E-state index contributed by atoms with van der Waals surface area (Å²) < 4.78 is 17.8. The molecule has 1 aromatic carbocycles. The molecule has 0 aliphatic rings. The van der Waals surface area contributed by atoms with Gasteiger partial charge in [-0.25, -0.2) is 4.39 Å². The standard InChI is InChI=1S/C12H12FN3O3/c1-7(12(17)18)14-6-10-15-11(19-16-10)8-2-4-9(13)5-3-8/h2-5,7,14H,6H2,1H3,(H,17,18)/t7-/m0/s1. The van der Waals surface area contributed by atoms with Crippen LogP contribution in [0.25, 0.3) is 11.5 Å². The molecule has 0 fully saturated rings. The molecule has 1 aromatic heterocycles. The molecule has 1 atom stereocenters. The molecule has 2 aromatic rings. The topological polar surface area (TPSA) is 88.3 Å². The second-order valence-corrected chi connectivity index (χ2v) is 3.96. The Balaban J connectivity index is 2.03. The number of aromatic nitrogens is 2. The number of hydrogen-bond donors (Lipinski definition) is 2. The van der Waals surface area contributed by atoms with Crippen molar-refractivity contribution in [2.75, 3.05) is 0 Å². The second-order valence-electron chi connectivity index (χ2n) is 3.96. The Kier molecular flexibility index (Phi) is 3.86. The molecule has 0 saturated carbocycles. The van der Waals surface area contributed by atoms with E-state index >= 15 is 0 Å². The number of aliphatic carboxylic acids is 1. The van der Waals surface area contributed by atoms with Gasteiger partial charge in [-0.2, -0.15) is 4.98 Å². The molecule has 2 rings (SSSR count). The van der Waals surface area contributed by atoms with Gasteiger partial charge in [-0.05, 0) is 31.2 Å². The molecule has 0 saturated heterocycles. The van der Waals surface area contributed by atoms with Crippen LogP contribution in [0.1, 0.15) is 12.7 Å². The van der Waals surface area contributed by atoms with Crippen LogP contribution < -0.4 is 5.32 Å². The van der Waals surface area contributed by atoms with Crippen molar-refractivity contribution in [1.82, 2.24) is 15.5 Å². The summed E-state index contributed by atoms with van der Waals surface area (Å²) >= 11 is 0. The van der Waals surface area contributed by atoms with E-state index in [9.17, 15) is 9.18 Å². The van der Waals surface area contributed by atoms with Crippen LogP contribution in [0.5, 0.6) is 0 Å². The molecule has 6 nitrogen and oxygen atoms in total. The van der Waals surface area contributed by atoms with Crippen molar-refractivity contribution in [2.45, 2.75) is 19.5 Å². The lowest BCUT2D eigenvalue weighted by molar-refractivity contribution is -0.139. The average molecular weight is 265 g/mol. The van der Waals surface area contributed by atoms with E-state index in [1.54, 1.807) is 0 Å². The molecule has 1 heterocycles. The lowest BCUT2D eigenvalue weighted by Gasteiger charge is -2.05. The number of halogens is 1. The van der Waals surface area contributed by atoms with Gasteiger partial charge in [0, 0.05) is 5.56 Å². The van der Waals surface area contributed by atoms with E-state index in [2.05, 4.69) is 15.5 Å². The Morgan fingerprint density at radius 2 is 2.16 bits per heavy atom. The zero-order valence-electron chi connectivity index (χ0n) is 10.1. The molecular weight excluding hydrogens is 253 g/mol. The summed E-state index contributed by atoms with van der Waals surface area (Å²) in [5.74, 6) is -0.699. The van der Waals surface area contributed by atoms with Crippen LogP contribution >= 0.6 is 0 Å². The Morgan fingerprint density at radius 1 is 1.47 bits per heavy atom. The van der Waals surface area contributed by atoms with Crippen molar-refractivity contribution in [3.63, 3.8) is 0 Å². The summed E-state index contributed by atoms with van der Waals surface area (Å²) in [6, 6.07) is 4.95. The molecule has 7 heteroatoms. The van der Waals surface area contributed by atoms with E-state index in [1.165, 1.54) is 31.2 Å². The fourth-order valence-corrected chi connectivity index (χ4v) is 1.37. The van der Waals surface area contributed by atoms with Crippen molar-refractivity contribution >= 4 is 5.97 Å². The minimum absolute atomic E-state index is 0.179. The Hall–Kier alpha value is -2.28. The number of benzene rings is 1. The smallest absolute Gasteiger partial charge is 0.320 e. The molecule has 0 unspecified atom stereocenters. The van der Waals surface area contributed by atoms with Gasteiger partial charge in [-0.15, -0.1) is 0 Å². The van der Waals surface area contributed by atoms with Gasteiger partial charge < -0.3 is 9.63 Å². The van der Waals surface area contributed by atoms with Crippen LogP contribution in [0.3, 0.4) is 0 Å². The third-order valence-corrected chi connectivity index (χ3v) is 2.50. The number of carbonyl (C=O) groups is 1. The lowest BCUT2D eigenvalue weighted by atomic mass is 10.2. The molecular formula is C12H12FN3O3. The van der Waals surface area contributed by atoms with E-state index in [-0.39, 0.29) is 18.3 Å². The summed E-state index contributed by atoms with van der Waals surface area (Å²) in [6.07, 6.45) is 0. The predicted molar refractivity (Wildman–Crippen MR) is 63.6 cm³/mol. The zero-order valence-corrected chi connectivity index (χ0v) is 10.1. The van der Waals surface area contributed by atoms with Gasteiger partial charge in [0.05, 0.1) is 6.54 Å². The largest absolute Gasteiger partial charge is 0.480 e. The maximum absolute atomic E-state index is 12.8. The molecule has 2 N–H and O–H groups in total. The second kappa shape index (κ2) is 5.57. The number of nitrogens with zero attached hydrogens (tertiary/aromatic N) is 2. The summed E-state index contributed by atoms with van der Waals surface area (Å²) in [7, 11) is 0. The number of carboxylic acids is 1. The SMILES string of the molecule is C[C@H](NCc1noc(-c2ccc(F)cc2)n1)C(=O)O. The quantitative estimate of drug-likeness (QED) is 0.850. The van der Waals surface area contributed by atoms with E-state index < -0.39 is 12.0 Å². The molecule has 0 aliphatic heterocycles. The maximum Gasteiger partial charge on any atom is 0.320 e. The highest BCUT2D eigenvalue weighted by molar-refractivity contribution is 5.72. The minimum Gasteiger partial charge on any atom is -0.480 e. The fraction of sp³-hybridized carbons (Fsp3) is 0.250. The monoisotopic (exact) mass is 265 g/mol. The number of hydrogen-bond acceptors (Lipinski definition) is 5. The molecule has 0 amide bonds. The molecule has 19 heavy (non-hydrogen) atoms. The van der Waals surface area contributed by atoms with Gasteiger partial charge in [-0.1, -0.05) is 5.16 Å². The van der Waals surface area contributed by atoms with E-state index in [0.717, 1.165) is 0 Å². The highest BCUT2D eigenvalue weighted by Crippen LogP contribution is 2.17. The summed E-state index contributed by atoms with van der Waals surface area (Å²) in [5.41, 5.74) is 0.603. The van der Waals surface area contributed by atoms with Crippen LogP contribution in [-0.4, -0.2) is 27.3 Å². The van der Waals surface area contributed by atoms with E-state index in [4.69, 9.17) is 9.63 Å². The molecule has 0 radical (unpaired) electrons. The van der Waals surface area contributed by atoms with Gasteiger partial charge in [0.2, 0.25) is 0 Å². The number of nitrogens with one attached hydrogen (secondary N) is 1. The maximum atomic E-state index is 12.8. The highest BCUT2D eigenvalue weighted by Gasteiger charge is 2.13. The first-order valence-corrected chi connectivity index (χ1v) is 5.61. The first kappa shape index (κ1) is 13.2.